The van der Waals surface area contributed by atoms with Crippen LogP contribution in [0.3, 0.4) is 0 Å². The number of hydrogen-bond donors (Lipinski definition) is 0. The third-order valence-electron chi connectivity index (χ3n) is 3.13. The second-order valence-electron chi connectivity index (χ2n) is 5.44. The predicted octanol–water partition coefficient (Wildman–Crippen LogP) is 2.80. The first kappa shape index (κ1) is 30.4. The Kier molecular flexibility index (Phi) is 22.8. The quantitative estimate of drug-likeness (QED) is 0.357. The lowest BCUT2D eigenvalue weighted by molar-refractivity contribution is 0.0622. The Labute approximate surface area is 161 Å². The highest BCUT2D eigenvalue weighted by Crippen LogP contribution is 2.09. The van der Waals surface area contributed by atoms with Crippen molar-refractivity contribution in [2.75, 3.05) is 73.2 Å². The fourth-order valence-electron chi connectivity index (χ4n) is 1.54. The van der Waals surface area contributed by atoms with E-state index in [0.717, 1.165) is 59.3 Å². The summed E-state index contributed by atoms with van der Waals surface area (Å²) < 4.78 is 35.5. The number of epoxide rings is 3. The normalized spacial score (nSPS) is 23.7. The van der Waals surface area contributed by atoms with Crippen LogP contribution in [0.1, 0.15) is 36.1 Å². The maximum atomic E-state index is 5.34. The van der Waals surface area contributed by atoms with Crippen LogP contribution in [0.5, 0.6) is 0 Å². The number of rotatable bonds is 13. The molecule has 7 nitrogen and oxygen atoms in total. The Morgan fingerprint density at radius 3 is 1.27 bits per heavy atom. The van der Waals surface area contributed by atoms with Crippen molar-refractivity contribution in [3.8, 4) is 0 Å². The molecule has 3 heterocycles. The largest absolute Gasteiger partial charge is 0.382 e. The van der Waals surface area contributed by atoms with Gasteiger partial charge in [0.15, 0.2) is 0 Å². The summed E-state index contributed by atoms with van der Waals surface area (Å²) in [5.74, 6) is 0. The second-order valence-corrected chi connectivity index (χ2v) is 5.44. The highest BCUT2D eigenvalue weighted by atomic mass is 16.6. The van der Waals surface area contributed by atoms with Gasteiger partial charge in [0.25, 0.3) is 0 Å². The second kappa shape index (κ2) is 19.5. The van der Waals surface area contributed by atoms with Crippen LogP contribution in [0.15, 0.2) is 0 Å². The van der Waals surface area contributed by atoms with Crippen molar-refractivity contribution in [1.29, 1.82) is 0 Å². The number of hydrogen-bond acceptors (Lipinski definition) is 7. The van der Waals surface area contributed by atoms with Crippen molar-refractivity contribution < 1.29 is 33.2 Å². The highest BCUT2D eigenvalue weighted by Gasteiger charge is 2.23. The van der Waals surface area contributed by atoms with Gasteiger partial charge >= 0.3 is 0 Å². The van der Waals surface area contributed by atoms with Gasteiger partial charge < -0.3 is 33.2 Å². The Hall–Kier alpha value is -0.280. The smallest absolute Gasteiger partial charge is 0.104 e. The van der Waals surface area contributed by atoms with E-state index in [1.807, 2.05) is 0 Å². The molecule has 0 N–H and O–H groups in total. The van der Waals surface area contributed by atoms with Crippen molar-refractivity contribution in [2.45, 2.75) is 54.4 Å². The first-order chi connectivity index (χ1) is 10.9. The monoisotopic (exact) mass is 384 g/mol. The number of ether oxygens (including phenoxy) is 7. The van der Waals surface area contributed by atoms with Crippen LogP contribution in [0.2, 0.25) is 0 Å². The summed E-state index contributed by atoms with van der Waals surface area (Å²) in [6.45, 7) is 7.71. The first-order valence-electron chi connectivity index (χ1n) is 7.95. The predicted molar refractivity (Wildman–Crippen MR) is 105 cm³/mol. The molecule has 26 heavy (non-hydrogen) atoms. The van der Waals surface area contributed by atoms with Crippen LogP contribution < -0.4 is 0 Å². The summed E-state index contributed by atoms with van der Waals surface area (Å²) in [6, 6.07) is 0. The van der Waals surface area contributed by atoms with E-state index in [-0.39, 0.29) is 29.7 Å². The van der Waals surface area contributed by atoms with Gasteiger partial charge in [0, 0.05) is 20.3 Å². The molecule has 3 aliphatic rings. The Balaban J connectivity index is -0.000000369. The molecule has 0 amide bonds. The van der Waals surface area contributed by atoms with Crippen molar-refractivity contribution in [3.05, 3.63) is 0 Å². The average Bonchev–Trinajstić information content (AvgIpc) is 3.39. The van der Waals surface area contributed by atoms with E-state index in [0.29, 0.717) is 31.5 Å². The fraction of sp³-hybridized carbons (Fsp3) is 1.00. The molecular weight excluding hydrogens is 340 g/mol. The minimum Gasteiger partial charge on any atom is -0.382 e. The topological polar surface area (TPSA) is 74.5 Å². The summed E-state index contributed by atoms with van der Waals surface area (Å²) in [5.41, 5.74) is 0. The Morgan fingerprint density at radius 2 is 0.962 bits per heavy atom. The SMILES string of the molecule is C.C.C.C.C(COCC1CO1)COCC1CO1.COCCOCC1CO1. The summed E-state index contributed by atoms with van der Waals surface area (Å²) in [6.07, 6.45) is 2.09. The van der Waals surface area contributed by atoms with Gasteiger partial charge in [-0.05, 0) is 6.42 Å². The molecule has 0 aromatic heterocycles. The lowest BCUT2D eigenvalue weighted by Crippen LogP contribution is -2.07. The standard InChI is InChI=1S/C9H16O4.C6H12O3.4CH4/c1(2-10-4-8-6-12-8)3-11-5-9-7-13-9;1-7-2-3-8-4-6-5-9-6;;;;/h8-9H,1-7H2;6H,2-5H2,1H3;4*1H4. The minimum atomic E-state index is 0. The molecule has 0 radical (unpaired) electrons. The molecule has 3 aliphatic heterocycles. The molecule has 0 saturated carbocycles. The summed E-state index contributed by atoms with van der Waals surface area (Å²) in [4.78, 5) is 0. The summed E-state index contributed by atoms with van der Waals surface area (Å²) in [7, 11) is 1.66. The minimum absolute atomic E-state index is 0. The van der Waals surface area contributed by atoms with Gasteiger partial charge in [0.1, 0.15) is 18.3 Å². The third-order valence-corrected chi connectivity index (χ3v) is 3.13. The third kappa shape index (κ3) is 20.0. The molecule has 3 rings (SSSR count). The van der Waals surface area contributed by atoms with E-state index in [9.17, 15) is 0 Å². The van der Waals surface area contributed by atoms with E-state index in [4.69, 9.17) is 33.2 Å². The van der Waals surface area contributed by atoms with Gasteiger partial charge in [0.05, 0.1) is 52.9 Å². The van der Waals surface area contributed by atoms with Crippen LogP contribution in [-0.4, -0.2) is 91.5 Å². The number of methoxy groups -OCH3 is 1. The molecule has 0 spiro atoms. The Morgan fingerprint density at radius 1 is 0.615 bits per heavy atom. The van der Waals surface area contributed by atoms with Crippen molar-refractivity contribution in [2.24, 2.45) is 0 Å². The van der Waals surface area contributed by atoms with E-state index in [1.54, 1.807) is 7.11 Å². The van der Waals surface area contributed by atoms with Crippen LogP contribution in [0, 0.1) is 0 Å². The maximum absolute atomic E-state index is 5.34. The molecule has 162 valence electrons. The van der Waals surface area contributed by atoms with Crippen molar-refractivity contribution in [1.82, 2.24) is 0 Å². The van der Waals surface area contributed by atoms with Gasteiger partial charge in [-0.15, -0.1) is 0 Å². The van der Waals surface area contributed by atoms with Gasteiger partial charge in [-0.1, -0.05) is 29.7 Å². The van der Waals surface area contributed by atoms with Crippen molar-refractivity contribution in [3.63, 3.8) is 0 Å². The highest BCUT2D eigenvalue weighted by molar-refractivity contribution is 4.68. The molecule has 0 aromatic rings. The molecule has 0 aromatic carbocycles. The van der Waals surface area contributed by atoms with Gasteiger partial charge in [-0.2, -0.15) is 0 Å². The lowest BCUT2D eigenvalue weighted by atomic mass is 10.4. The molecule has 0 aliphatic carbocycles. The van der Waals surface area contributed by atoms with Gasteiger partial charge in [-0.25, -0.2) is 0 Å². The zero-order valence-corrected chi connectivity index (χ0v) is 13.4. The molecule has 0 bridgehead atoms. The lowest BCUT2D eigenvalue weighted by Gasteiger charge is -2.02. The van der Waals surface area contributed by atoms with E-state index < -0.39 is 0 Å². The first-order valence-corrected chi connectivity index (χ1v) is 7.95. The van der Waals surface area contributed by atoms with Crippen LogP contribution in [0.4, 0.5) is 0 Å². The van der Waals surface area contributed by atoms with E-state index in [1.165, 1.54) is 0 Å². The van der Waals surface area contributed by atoms with Crippen LogP contribution >= 0.6 is 0 Å². The van der Waals surface area contributed by atoms with Gasteiger partial charge in [0.2, 0.25) is 0 Å². The average molecular weight is 385 g/mol. The molecular formula is C19H44O7. The summed E-state index contributed by atoms with van der Waals surface area (Å²) in [5, 5.41) is 0. The molecule has 3 unspecified atom stereocenters. The van der Waals surface area contributed by atoms with Crippen LogP contribution in [-0.2, 0) is 33.2 Å². The van der Waals surface area contributed by atoms with Crippen LogP contribution in [0.25, 0.3) is 0 Å². The Bertz CT molecular complexity index is 251. The zero-order valence-electron chi connectivity index (χ0n) is 13.4. The summed E-state index contributed by atoms with van der Waals surface area (Å²) >= 11 is 0. The van der Waals surface area contributed by atoms with Gasteiger partial charge in [-0.3, -0.25) is 0 Å². The fourth-order valence-corrected chi connectivity index (χ4v) is 1.54. The molecule has 3 atom stereocenters. The van der Waals surface area contributed by atoms with Crippen molar-refractivity contribution >= 4 is 0 Å². The molecule has 3 fully saturated rings. The van der Waals surface area contributed by atoms with E-state index >= 15 is 0 Å². The molecule has 3 saturated heterocycles. The molecule has 7 heteroatoms. The zero-order chi connectivity index (χ0) is 15.5. The van der Waals surface area contributed by atoms with E-state index in [2.05, 4.69) is 0 Å². The maximum Gasteiger partial charge on any atom is 0.104 e.